The van der Waals surface area contributed by atoms with E-state index in [1.54, 1.807) is 6.07 Å². The van der Waals surface area contributed by atoms with Crippen LogP contribution in [0.5, 0.6) is 0 Å². The fourth-order valence-corrected chi connectivity index (χ4v) is 3.46. The Morgan fingerprint density at radius 3 is 2.76 bits per heavy atom. The number of carbonyl (C=O) groups is 2. The van der Waals surface area contributed by atoms with Crippen LogP contribution in [-0.4, -0.2) is 30.3 Å². The average Bonchev–Trinajstić information content (AvgIpc) is 3.05. The number of aryl methyl sites for hydroxylation is 2. The van der Waals surface area contributed by atoms with Crippen molar-refractivity contribution in [3.05, 3.63) is 70.8 Å². The molecule has 0 bridgehead atoms. The minimum absolute atomic E-state index is 0.0613. The molecule has 4 nitrogen and oxygen atoms in total. The van der Waals surface area contributed by atoms with Gasteiger partial charge in [0.2, 0.25) is 5.91 Å². The van der Waals surface area contributed by atoms with Crippen LogP contribution in [0.1, 0.15) is 45.9 Å². The highest BCUT2D eigenvalue weighted by Crippen LogP contribution is 2.34. The summed E-state index contributed by atoms with van der Waals surface area (Å²) in [6, 6.07) is 15.9. The standard InChI is InChI=1S/C21H24N2O2/c1-15-6-5-8-17(14-15)21(25)22-13-12-20(24)23(2)19-11-10-16-7-3-4-9-18(16)19/h3-9,14,19H,10-13H2,1-2H3,(H,22,25)/t19-/m0/s1. The first-order chi connectivity index (χ1) is 12.1. The van der Waals surface area contributed by atoms with E-state index in [-0.39, 0.29) is 17.9 Å². The number of fused-ring (bicyclic) bond motifs is 1. The van der Waals surface area contributed by atoms with Crippen LogP contribution in [-0.2, 0) is 11.2 Å². The van der Waals surface area contributed by atoms with Crippen LogP contribution >= 0.6 is 0 Å². The Labute approximate surface area is 148 Å². The fourth-order valence-electron chi connectivity index (χ4n) is 3.46. The topological polar surface area (TPSA) is 49.4 Å². The molecule has 1 N–H and O–H groups in total. The average molecular weight is 336 g/mol. The Hall–Kier alpha value is -2.62. The van der Waals surface area contributed by atoms with Crippen molar-refractivity contribution in [2.75, 3.05) is 13.6 Å². The Morgan fingerprint density at radius 1 is 1.16 bits per heavy atom. The van der Waals surface area contributed by atoms with Gasteiger partial charge in [0.1, 0.15) is 0 Å². The molecule has 0 unspecified atom stereocenters. The summed E-state index contributed by atoms with van der Waals surface area (Å²) in [6.07, 6.45) is 2.30. The first kappa shape index (κ1) is 17.2. The molecule has 2 amide bonds. The number of hydrogen-bond acceptors (Lipinski definition) is 2. The van der Waals surface area contributed by atoms with Crippen molar-refractivity contribution in [1.82, 2.24) is 10.2 Å². The first-order valence-corrected chi connectivity index (χ1v) is 8.74. The normalized spacial score (nSPS) is 15.5. The van der Waals surface area contributed by atoms with Crippen molar-refractivity contribution in [3.8, 4) is 0 Å². The molecule has 25 heavy (non-hydrogen) atoms. The lowest BCUT2D eigenvalue weighted by Gasteiger charge is -2.25. The summed E-state index contributed by atoms with van der Waals surface area (Å²) in [5.41, 5.74) is 4.26. The number of hydrogen-bond donors (Lipinski definition) is 1. The van der Waals surface area contributed by atoms with Gasteiger partial charge in [0.05, 0.1) is 6.04 Å². The lowest BCUT2D eigenvalue weighted by molar-refractivity contribution is -0.131. The van der Waals surface area contributed by atoms with Crippen LogP contribution < -0.4 is 5.32 Å². The molecule has 1 atom stereocenters. The highest BCUT2D eigenvalue weighted by Gasteiger charge is 2.27. The van der Waals surface area contributed by atoms with Crippen molar-refractivity contribution in [2.24, 2.45) is 0 Å². The highest BCUT2D eigenvalue weighted by atomic mass is 16.2. The Balaban J connectivity index is 1.52. The van der Waals surface area contributed by atoms with E-state index in [2.05, 4.69) is 17.4 Å². The minimum Gasteiger partial charge on any atom is -0.352 e. The smallest absolute Gasteiger partial charge is 0.251 e. The first-order valence-electron chi connectivity index (χ1n) is 8.74. The number of benzene rings is 2. The Bertz CT molecular complexity index is 785. The molecule has 0 spiro atoms. The van der Waals surface area contributed by atoms with Crippen LogP contribution in [0.3, 0.4) is 0 Å². The molecule has 0 fully saturated rings. The predicted octanol–water partition coefficient (Wildman–Crippen LogP) is 3.26. The maximum Gasteiger partial charge on any atom is 0.251 e. The van der Waals surface area contributed by atoms with E-state index in [0.717, 1.165) is 18.4 Å². The second kappa shape index (κ2) is 7.51. The zero-order valence-corrected chi connectivity index (χ0v) is 14.8. The van der Waals surface area contributed by atoms with Crippen LogP contribution in [0.4, 0.5) is 0 Å². The Morgan fingerprint density at radius 2 is 1.96 bits per heavy atom. The van der Waals surface area contributed by atoms with Gasteiger partial charge in [-0.1, -0.05) is 42.0 Å². The maximum absolute atomic E-state index is 12.5. The molecular formula is C21H24N2O2. The fraction of sp³-hybridized carbons (Fsp3) is 0.333. The predicted molar refractivity (Wildman–Crippen MR) is 98.4 cm³/mol. The van der Waals surface area contributed by atoms with E-state index in [0.29, 0.717) is 18.5 Å². The van der Waals surface area contributed by atoms with E-state index in [4.69, 9.17) is 0 Å². The van der Waals surface area contributed by atoms with Gasteiger partial charge in [-0.25, -0.2) is 0 Å². The molecule has 1 aliphatic rings. The van der Waals surface area contributed by atoms with Gasteiger partial charge in [-0.15, -0.1) is 0 Å². The molecule has 2 aromatic carbocycles. The third-order valence-corrected chi connectivity index (χ3v) is 4.87. The van der Waals surface area contributed by atoms with Crippen molar-refractivity contribution in [3.63, 3.8) is 0 Å². The third kappa shape index (κ3) is 3.90. The van der Waals surface area contributed by atoms with Crippen LogP contribution in [0.15, 0.2) is 48.5 Å². The highest BCUT2D eigenvalue weighted by molar-refractivity contribution is 5.94. The molecule has 3 rings (SSSR count). The van der Waals surface area contributed by atoms with E-state index in [1.165, 1.54) is 11.1 Å². The molecule has 0 saturated heterocycles. The SMILES string of the molecule is Cc1cccc(C(=O)NCCC(=O)N(C)[C@H]2CCc3ccccc32)c1. The summed E-state index contributed by atoms with van der Waals surface area (Å²) in [5.74, 6) is -0.0726. The summed E-state index contributed by atoms with van der Waals surface area (Å²) in [4.78, 5) is 26.4. The van der Waals surface area contributed by atoms with Crippen LogP contribution in [0.25, 0.3) is 0 Å². The molecule has 0 heterocycles. The summed E-state index contributed by atoms with van der Waals surface area (Å²) in [6.45, 7) is 2.30. The molecular weight excluding hydrogens is 312 g/mol. The van der Waals surface area contributed by atoms with Crippen molar-refractivity contribution in [2.45, 2.75) is 32.2 Å². The van der Waals surface area contributed by atoms with E-state index < -0.39 is 0 Å². The summed E-state index contributed by atoms with van der Waals surface area (Å²) in [7, 11) is 1.86. The van der Waals surface area contributed by atoms with E-state index in [9.17, 15) is 9.59 Å². The zero-order valence-electron chi connectivity index (χ0n) is 14.8. The molecule has 0 saturated carbocycles. The van der Waals surface area contributed by atoms with Gasteiger partial charge in [0.25, 0.3) is 5.91 Å². The lowest BCUT2D eigenvalue weighted by Crippen LogP contribution is -2.34. The molecule has 2 aromatic rings. The second-order valence-corrected chi connectivity index (χ2v) is 6.63. The van der Waals surface area contributed by atoms with Gasteiger partial charge in [-0.3, -0.25) is 9.59 Å². The second-order valence-electron chi connectivity index (χ2n) is 6.63. The van der Waals surface area contributed by atoms with Gasteiger partial charge in [0.15, 0.2) is 0 Å². The van der Waals surface area contributed by atoms with Crippen LogP contribution in [0, 0.1) is 6.92 Å². The zero-order chi connectivity index (χ0) is 17.8. The van der Waals surface area contributed by atoms with Gasteiger partial charge in [-0.05, 0) is 43.0 Å². The largest absolute Gasteiger partial charge is 0.352 e. The molecule has 1 aliphatic carbocycles. The number of carbonyl (C=O) groups excluding carboxylic acids is 2. The van der Waals surface area contributed by atoms with Gasteiger partial charge < -0.3 is 10.2 Å². The van der Waals surface area contributed by atoms with Crippen molar-refractivity contribution >= 4 is 11.8 Å². The Kier molecular flexibility index (Phi) is 5.17. The molecule has 0 aromatic heterocycles. The molecule has 130 valence electrons. The quantitative estimate of drug-likeness (QED) is 0.911. The van der Waals surface area contributed by atoms with E-state index in [1.807, 2.05) is 49.2 Å². The number of nitrogens with one attached hydrogen (secondary N) is 1. The van der Waals surface area contributed by atoms with Crippen molar-refractivity contribution in [1.29, 1.82) is 0 Å². The third-order valence-electron chi connectivity index (χ3n) is 4.87. The maximum atomic E-state index is 12.5. The molecule has 0 aliphatic heterocycles. The van der Waals surface area contributed by atoms with Crippen molar-refractivity contribution < 1.29 is 9.59 Å². The van der Waals surface area contributed by atoms with Crippen LogP contribution in [0.2, 0.25) is 0 Å². The number of amides is 2. The number of rotatable bonds is 5. The number of nitrogens with zero attached hydrogens (tertiary/aromatic N) is 1. The summed E-state index contributed by atoms with van der Waals surface area (Å²) in [5, 5.41) is 2.84. The van der Waals surface area contributed by atoms with Gasteiger partial charge in [0, 0.05) is 25.6 Å². The van der Waals surface area contributed by atoms with Gasteiger partial charge >= 0.3 is 0 Å². The lowest BCUT2D eigenvalue weighted by atomic mass is 10.1. The minimum atomic E-state index is -0.134. The monoisotopic (exact) mass is 336 g/mol. The summed E-state index contributed by atoms with van der Waals surface area (Å²) < 4.78 is 0. The molecule has 0 radical (unpaired) electrons. The van der Waals surface area contributed by atoms with E-state index >= 15 is 0 Å². The summed E-state index contributed by atoms with van der Waals surface area (Å²) >= 11 is 0. The van der Waals surface area contributed by atoms with Gasteiger partial charge in [-0.2, -0.15) is 0 Å². The molecule has 4 heteroatoms.